The van der Waals surface area contributed by atoms with E-state index in [1.807, 2.05) is 0 Å². The Morgan fingerprint density at radius 1 is 1.24 bits per heavy atom. The van der Waals surface area contributed by atoms with Crippen molar-refractivity contribution in [1.82, 2.24) is 10.0 Å². The van der Waals surface area contributed by atoms with E-state index in [2.05, 4.69) is 17.0 Å². The Labute approximate surface area is 103 Å². The summed E-state index contributed by atoms with van der Waals surface area (Å²) in [5, 5.41) is 2.43. The van der Waals surface area contributed by atoms with E-state index >= 15 is 0 Å². The van der Waals surface area contributed by atoms with E-state index in [1.54, 1.807) is 0 Å². The van der Waals surface area contributed by atoms with Crippen molar-refractivity contribution in [2.24, 2.45) is 0 Å². The summed E-state index contributed by atoms with van der Waals surface area (Å²) in [6, 6.07) is 0.473. The van der Waals surface area contributed by atoms with Crippen LogP contribution in [0.4, 0.5) is 0 Å². The van der Waals surface area contributed by atoms with Crippen molar-refractivity contribution in [3.8, 4) is 0 Å². The molecule has 8 heteroatoms. The van der Waals surface area contributed by atoms with Gasteiger partial charge in [0.1, 0.15) is 0 Å². The van der Waals surface area contributed by atoms with Gasteiger partial charge in [-0.15, -0.1) is 0 Å². The lowest BCUT2D eigenvalue weighted by molar-refractivity contribution is 0.334. The van der Waals surface area contributed by atoms with Crippen LogP contribution in [0.1, 0.15) is 26.2 Å². The fourth-order valence-corrected chi connectivity index (χ4v) is 4.99. The van der Waals surface area contributed by atoms with Gasteiger partial charge in [0.15, 0.2) is 14.9 Å². The van der Waals surface area contributed by atoms with Crippen LogP contribution in [-0.2, 0) is 19.9 Å². The predicted octanol–water partition coefficient (Wildman–Crippen LogP) is -0.561. The van der Waals surface area contributed by atoms with Crippen molar-refractivity contribution in [3.63, 3.8) is 0 Å². The van der Waals surface area contributed by atoms with Crippen LogP contribution in [0, 0.1) is 0 Å². The van der Waals surface area contributed by atoms with Crippen molar-refractivity contribution in [1.29, 1.82) is 0 Å². The summed E-state index contributed by atoms with van der Waals surface area (Å²) >= 11 is 0. The standard InChI is InChI=1S/C9H20N2O4S2/c1-8-4-3-5-9(11-8)6-10-17(14,15)7-16(2,12)13/h8-11H,3-7H2,1-2H3. The molecule has 0 saturated carbocycles. The summed E-state index contributed by atoms with van der Waals surface area (Å²) in [7, 11) is -7.25. The normalized spacial score (nSPS) is 26.9. The molecule has 1 fully saturated rings. The summed E-state index contributed by atoms with van der Waals surface area (Å²) in [6.45, 7) is 2.30. The molecule has 1 aliphatic heterocycles. The SMILES string of the molecule is CC1CCCC(CNS(=O)(=O)CS(C)(=O)=O)N1. The van der Waals surface area contributed by atoms with Crippen LogP contribution in [-0.4, -0.2) is 46.8 Å². The van der Waals surface area contributed by atoms with Gasteiger partial charge in [0, 0.05) is 24.9 Å². The fraction of sp³-hybridized carbons (Fsp3) is 1.00. The maximum absolute atomic E-state index is 11.5. The van der Waals surface area contributed by atoms with Crippen LogP contribution < -0.4 is 10.0 Å². The quantitative estimate of drug-likeness (QED) is 0.706. The molecule has 1 saturated heterocycles. The first-order chi connectivity index (χ1) is 7.68. The Hall–Kier alpha value is -0.180. The second kappa shape index (κ2) is 5.64. The van der Waals surface area contributed by atoms with Gasteiger partial charge in [0.25, 0.3) is 0 Å². The van der Waals surface area contributed by atoms with Gasteiger partial charge < -0.3 is 5.32 Å². The molecule has 1 aliphatic rings. The average Bonchev–Trinajstić information content (AvgIpc) is 2.11. The molecule has 0 aromatic heterocycles. The first-order valence-corrected chi connectivity index (χ1v) is 9.30. The molecule has 102 valence electrons. The minimum atomic E-state index is -3.73. The van der Waals surface area contributed by atoms with Crippen molar-refractivity contribution in [3.05, 3.63) is 0 Å². The predicted molar refractivity (Wildman–Crippen MR) is 66.9 cm³/mol. The van der Waals surface area contributed by atoms with E-state index in [9.17, 15) is 16.8 Å². The summed E-state index contributed by atoms with van der Waals surface area (Å²) in [5.74, 6) is 0. The molecule has 1 heterocycles. The molecule has 0 radical (unpaired) electrons. The highest BCUT2D eigenvalue weighted by atomic mass is 32.3. The van der Waals surface area contributed by atoms with Crippen molar-refractivity contribution in [2.75, 3.05) is 17.9 Å². The number of rotatable bonds is 5. The zero-order valence-corrected chi connectivity index (χ0v) is 11.8. The van der Waals surface area contributed by atoms with Crippen LogP contribution in [0.2, 0.25) is 0 Å². The van der Waals surface area contributed by atoms with E-state index in [0.717, 1.165) is 25.5 Å². The molecule has 0 spiro atoms. The smallest absolute Gasteiger partial charge is 0.226 e. The molecule has 0 aromatic carbocycles. The van der Waals surface area contributed by atoms with Crippen LogP contribution in [0.5, 0.6) is 0 Å². The van der Waals surface area contributed by atoms with Gasteiger partial charge in [0.2, 0.25) is 10.0 Å². The van der Waals surface area contributed by atoms with E-state index in [4.69, 9.17) is 0 Å². The summed E-state index contributed by atoms with van der Waals surface area (Å²) in [4.78, 5) is 0. The summed E-state index contributed by atoms with van der Waals surface area (Å²) in [6.07, 6.45) is 3.97. The first-order valence-electron chi connectivity index (χ1n) is 5.59. The minimum Gasteiger partial charge on any atom is -0.310 e. The number of sulfone groups is 1. The topological polar surface area (TPSA) is 92.3 Å². The maximum Gasteiger partial charge on any atom is 0.226 e. The lowest BCUT2D eigenvalue weighted by Gasteiger charge is -2.28. The highest BCUT2D eigenvalue weighted by molar-refractivity contribution is 8.06. The first kappa shape index (κ1) is 14.9. The molecular weight excluding hydrogens is 264 g/mol. The molecule has 0 amide bonds. The van der Waals surface area contributed by atoms with E-state index in [-0.39, 0.29) is 12.6 Å². The van der Waals surface area contributed by atoms with Crippen LogP contribution in [0.15, 0.2) is 0 Å². The maximum atomic E-state index is 11.5. The monoisotopic (exact) mass is 284 g/mol. The lowest BCUT2D eigenvalue weighted by atomic mass is 10.00. The number of nitrogens with one attached hydrogen (secondary N) is 2. The summed E-state index contributed by atoms with van der Waals surface area (Å²) in [5.41, 5.74) is 0. The molecule has 1 rings (SSSR count). The van der Waals surface area contributed by atoms with Crippen molar-refractivity contribution in [2.45, 2.75) is 38.3 Å². The van der Waals surface area contributed by atoms with Gasteiger partial charge in [-0.25, -0.2) is 21.6 Å². The second-order valence-corrected chi connectivity index (χ2v) is 9.01. The molecule has 0 aliphatic carbocycles. The van der Waals surface area contributed by atoms with Crippen LogP contribution in [0.3, 0.4) is 0 Å². The van der Waals surface area contributed by atoms with Gasteiger partial charge in [0.05, 0.1) is 0 Å². The third-order valence-corrected chi connectivity index (χ3v) is 6.19. The molecular formula is C9H20N2O4S2. The van der Waals surface area contributed by atoms with Crippen molar-refractivity contribution < 1.29 is 16.8 Å². The molecule has 2 atom stereocenters. The molecule has 6 nitrogen and oxygen atoms in total. The van der Waals surface area contributed by atoms with Gasteiger partial charge in [-0.05, 0) is 19.8 Å². The van der Waals surface area contributed by atoms with Gasteiger partial charge in [-0.3, -0.25) is 0 Å². The molecule has 2 N–H and O–H groups in total. The van der Waals surface area contributed by atoms with E-state index in [1.165, 1.54) is 0 Å². The minimum absolute atomic E-state index is 0.0908. The average molecular weight is 284 g/mol. The van der Waals surface area contributed by atoms with Gasteiger partial charge in [-0.1, -0.05) is 6.42 Å². The lowest BCUT2D eigenvalue weighted by Crippen LogP contribution is -2.47. The zero-order valence-electron chi connectivity index (χ0n) is 10.1. The molecule has 0 aromatic rings. The number of piperidine rings is 1. The second-order valence-electron chi connectivity index (χ2n) is 4.70. The van der Waals surface area contributed by atoms with Gasteiger partial charge >= 0.3 is 0 Å². The number of hydrogen-bond acceptors (Lipinski definition) is 5. The van der Waals surface area contributed by atoms with E-state index < -0.39 is 24.9 Å². The highest BCUT2D eigenvalue weighted by Gasteiger charge is 2.22. The Morgan fingerprint density at radius 3 is 2.41 bits per heavy atom. The van der Waals surface area contributed by atoms with Gasteiger partial charge in [-0.2, -0.15) is 0 Å². The third kappa shape index (κ3) is 6.35. The Kier molecular flexibility index (Phi) is 4.94. The Bertz CT molecular complexity index is 444. The number of sulfonamides is 1. The third-order valence-electron chi connectivity index (χ3n) is 2.63. The van der Waals surface area contributed by atoms with Crippen molar-refractivity contribution >= 4 is 19.9 Å². The van der Waals surface area contributed by atoms with E-state index in [0.29, 0.717) is 6.04 Å². The fourth-order valence-electron chi connectivity index (χ4n) is 1.95. The highest BCUT2D eigenvalue weighted by Crippen LogP contribution is 2.11. The zero-order chi connectivity index (χ0) is 13.1. The number of hydrogen-bond donors (Lipinski definition) is 2. The molecule has 17 heavy (non-hydrogen) atoms. The molecule has 0 bridgehead atoms. The Morgan fingerprint density at radius 2 is 1.88 bits per heavy atom. The Balaban J connectivity index is 2.44. The largest absolute Gasteiger partial charge is 0.310 e. The van der Waals surface area contributed by atoms with Crippen LogP contribution in [0.25, 0.3) is 0 Å². The molecule has 2 unspecified atom stereocenters. The van der Waals surface area contributed by atoms with Crippen LogP contribution >= 0.6 is 0 Å². The summed E-state index contributed by atoms with van der Waals surface area (Å²) < 4.78 is 47.1.